The van der Waals surface area contributed by atoms with E-state index in [1.807, 2.05) is 6.92 Å². The highest BCUT2D eigenvalue weighted by Gasteiger charge is 2.30. The lowest BCUT2D eigenvalue weighted by atomic mass is 10.0. The summed E-state index contributed by atoms with van der Waals surface area (Å²) in [6.45, 7) is 4.53. The molecule has 5 nitrogen and oxygen atoms in total. The van der Waals surface area contributed by atoms with Crippen LogP contribution in [0.1, 0.15) is 20.3 Å². The maximum atomic E-state index is 12.2. The molecule has 0 unspecified atom stereocenters. The van der Waals surface area contributed by atoms with E-state index in [4.69, 9.17) is 25.8 Å². The van der Waals surface area contributed by atoms with Crippen LogP contribution in [0, 0.1) is 0 Å². The summed E-state index contributed by atoms with van der Waals surface area (Å²) < 4.78 is 15.6. The second-order valence-corrected chi connectivity index (χ2v) is 5.14. The number of halogens is 1. The monoisotopic (exact) mass is 315 g/mol. The number of hydrogen-bond acceptors (Lipinski definition) is 4. The molecule has 0 aliphatic heterocycles. The van der Waals surface area contributed by atoms with Gasteiger partial charge in [-0.05, 0) is 31.5 Å². The molecular weight excluding hydrogens is 294 g/mol. The van der Waals surface area contributed by atoms with E-state index >= 15 is 0 Å². The molecule has 0 aliphatic rings. The number of ether oxygens (including phenoxy) is 3. The molecule has 0 aliphatic carbocycles. The van der Waals surface area contributed by atoms with E-state index in [2.05, 4.69) is 5.32 Å². The second-order valence-electron chi connectivity index (χ2n) is 4.73. The van der Waals surface area contributed by atoms with E-state index in [1.54, 1.807) is 32.2 Å². The van der Waals surface area contributed by atoms with Gasteiger partial charge in [-0.25, -0.2) is 0 Å². The average molecular weight is 316 g/mol. The Morgan fingerprint density at radius 2 is 2.05 bits per heavy atom. The largest absolute Gasteiger partial charge is 0.490 e. The molecule has 1 rings (SSSR count). The number of nitrogens with one attached hydrogen (secondary N) is 1. The zero-order valence-corrected chi connectivity index (χ0v) is 13.6. The van der Waals surface area contributed by atoms with Gasteiger partial charge in [0.1, 0.15) is 18.0 Å². The van der Waals surface area contributed by atoms with Crippen LogP contribution in [0.4, 0.5) is 5.69 Å². The van der Waals surface area contributed by atoms with Gasteiger partial charge in [0, 0.05) is 19.9 Å². The first kappa shape index (κ1) is 17.8. The number of benzene rings is 1. The van der Waals surface area contributed by atoms with Gasteiger partial charge >= 0.3 is 0 Å². The summed E-state index contributed by atoms with van der Waals surface area (Å²) in [5, 5.41) is 3.22. The van der Waals surface area contributed by atoms with Crippen LogP contribution >= 0.6 is 11.6 Å². The second kappa shape index (κ2) is 8.22. The number of carbonyl (C=O) groups excluding carboxylic acids is 1. The number of hydrogen-bond donors (Lipinski definition) is 1. The molecule has 0 bridgehead atoms. The summed E-state index contributed by atoms with van der Waals surface area (Å²) in [5.74, 6) is 0.341. The van der Waals surface area contributed by atoms with Crippen molar-refractivity contribution < 1.29 is 19.0 Å². The third-order valence-corrected chi connectivity index (χ3v) is 3.64. The first-order valence-corrected chi connectivity index (χ1v) is 7.12. The van der Waals surface area contributed by atoms with Crippen LogP contribution in [0.3, 0.4) is 0 Å². The molecule has 0 aromatic heterocycles. The van der Waals surface area contributed by atoms with Gasteiger partial charge in [0.05, 0.1) is 11.6 Å². The quantitative estimate of drug-likeness (QED) is 0.749. The fourth-order valence-corrected chi connectivity index (χ4v) is 1.83. The van der Waals surface area contributed by atoms with Gasteiger partial charge in [0.2, 0.25) is 0 Å². The van der Waals surface area contributed by atoms with Gasteiger partial charge in [0.15, 0.2) is 0 Å². The normalized spacial score (nSPS) is 13.6. The lowest BCUT2D eigenvalue weighted by Crippen LogP contribution is -2.41. The van der Waals surface area contributed by atoms with E-state index in [-0.39, 0.29) is 5.91 Å². The molecule has 0 saturated carbocycles. The Kier molecular flexibility index (Phi) is 6.95. The molecule has 6 heteroatoms. The highest BCUT2D eigenvalue weighted by atomic mass is 35.5. The number of rotatable bonds is 8. The summed E-state index contributed by atoms with van der Waals surface area (Å²) in [5.41, 5.74) is -0.263. The van der Waals surface area contributed by atoms with Crippen LogP contribution in [-0.4, -0.2) is 38.9 Å². The minimum Gasteiger partial charge on any atom is -0.490 e. The lowest BCUT2D eigenvalue weighted by Gasteiger charge is -2.25. The smallest absolute Gasteiger partial charge is 0.256 e. The van der Waals surface area contributed by atoms with Crippen molar-refractivity contribution in [2.24, 2.45) is 0 Å². The van der Waals surface area contributed by atoms with Crippen LogP contribution in [-0.2, 0) is 14.3 Å². The predicted molar refractivity (Wildman–Crippen MR) is 83.2 cm³/mol. The first-order chi connectivity index (χ1) is 9.96. The van der Waals surface area contributed by atoms with E-state index in [9.17, 15) is 4.79 Å². The van der Waals surface area contributed by atoms with Gasteiger partial charge in [-0.3, -0.25) is 4.79 Å². The number of carbonyl (C=O) groups is 1. The van der Waals surface area contributed by atoms with Crippen LogP contribution in [0.5, 0.6) is 5.75 Å². The Labute approximate surface area is 130 Å². The van der Waals surface area contributed by atoms with Crippen LogP contribution in [0.25, 0.3) is 0 Å². The van der Waals surface area contributed by atoms with E-state index < -0.39 is 5.60 Å². The van der Waals surface area contributed by atoms with E-state index in [0.29, 0.717) is 36.1 Å². The van der Waals surface area contributed by atoms with Crippen molar-refractivity contribution in [1.82, 2.24) is 0 Å². The zero-order chi connectivity index (χ0) is 15.9. The minimum atomic E-state index is -0.861. The summed E-state index contributed by atoms with van der Waals surface area (Å²) in [4.78, 5) is 12.2. The number of anilines is 1. The average Bonchev–Trinajstić information content (AvgIpc) is 2.48. The van der Waals surface area contributed by atoms with Crippen LogP contribution < -0.4 is 10.1 Å². The molecule has 1 N–H and O–H groups in total. The van der Waals surface area contributed by atoms with Crippen LogP contribution in [0.2, 0.25) is 5.02 Å². The standard InChI is InChI=1S/C15H22ClNO4/c1-5-15(2,20-4)14(18)17-11-6-7-13(12(16)10-11)21-9-8-19-3/h6-7,10H,5,8-9H2,1-4H3,(H,17,18)/t15-/m0/s1. The van der Waals surface area contributed by atoms with Crippen molar-refractivity contribution in [3.05, 3.63) is 23.2 Å². The highest BCUT2D eigenvalue weighted by molar-refractivity contribution is 6.32. The maximum absolute atomic E-state index is 12.2. The third-order valence-electron chi connectivity index (χ3n) is 3.34. The maximum Gasteiger partial charge on any atom is 0.256 e. The fourth-order valence-electron chi connectivity index (χ4n) is 1.59. The summed E-state index contributed by atoms with van der Waals surface area (Å²) in [7, 11) is 3.12. The molecule has 1 aromatic carbocycles. The summed E-state index contributed by atoms with van der Waals surface area (Å²) in [6.07, 6.45) is 0.571. The van der Waals surface area contributed by atoms with Crippen molar-refractivity contribution in [2.75, 3.05) is 32.8 Å². The Bertz CT molecular complexity index is 475. The highest BCUT2D eigenvalue weighted by Crippen LogP contribution is 2.28. The SMILES string of the molecule is CC[C@](C)(OC)C(=O)Nc1ccc(OCCOC)c(Cl)c1. The number of methoxy groups -OCH3 is 2. The number of amides is 1. The minimum absolute atomic E-state index is 0.211. The van der Waals surface area contributed by atoms with Gasteiger partial charge in [-0.1, -0.05) is 18.5 Å². The van der Waals surface area contributed by atoms with Gasteiger partial charge in [0.25, 0.3) is 5.91 Å². The summed E-state index contributed by atoms with van der Waals surface area (Å²) >= 11 is 6.13. The van der Waals surface area contributed by atoms with E-state index in [0.717, 1.165) is 0 Å². The predicted octanol–water partition coefficient (Wildman–Crippen LogP) is 3.12. The molecule has 0 heterocycles. The zero-order valence-electron chi connectivity index (χ0n) is 12.9. The van der Waals surface area contributed by atoms with Gasteiger partial charge in [-0.2, -0.15) is 0 Å². The summed E-state index contributed by atoms with van der Waals surface area (Å²) in [6, 6.07) is 5.09. The molecule has 1 aromatic rings. The molecule has 0 fully saturated rings. The molecular formula is C15H22ClNO4. The van der Waals surface area contributed by atoms with Crippen molar-refractivity contribution in [3.8, 4) is 5.75 Å². The van der Waals surface area contributed by atoms with Gasteiger partial charge in [-0.15, -0.1) is 0 Å². The van der Waals surface area contributed by atoms with Crippen molar-refractivity contribution >= 4 is 23.2 Å². The van der Waals surface area contributed by atoms with Crippen molar-refractivity contribution in [1.29, 1.82) is 0 Å². The molecule has 0 radical (unpaired) electrons. The first-order valence-electron chi connectivity index (χ1n) is 6.74. The van der Waals surface area contributed by atoms with Crippen molar-refractivity contribution in [3.63, 3.8) is 0 Å². The molecule has 1 amide bonds. The Balaban J connectivity index is 2.73. The fraction of sp³-hybridized carbons (Fsp3) is 0.533. The molecule has 118 valence electrons. The van der Waals surface area contributed by atoms with Gasteiger partial charge < -0.3 is 19.5 Å². The molecule has 0 saturated heterocycles. The van der Waals surface area contributed by atoms with Crippen LogP contribution in [0.15, 0.2) is 18.2 Å². The Hall–Kier alpha value is -1.30. The Morgan fingerprint density at radius 3 is 2.57 bits per heavy atom. The topological polar surface area (TPSA) is 56.8 Å². The molecule has 1 atom stereocenters. The van der Waals surface area contributed by atoms with E-state index in [1.165, 1.54) is 7.11 Å². The van der Waals surface area contributed by atoms with Crippen molar-refractivity contribution in [2.45, 2.75) is 25.9 Å². The molecule has 0 spiro atoms. The molecule has 21 heavy (non-hydrogen) atoms. The Morgan fingerprint density at radius 1 is 1.33 bits per heavy atom. The third kappa shape index (κ3) is 4.88. The lowest BCUT2D eigenvalue weighted by molar-refractivity contribution is -0.136.